The molecule has 0 bridgehead atoms. The Morgan fingerprint density at radius 3 is 2.32 bits per heavy atom. The predicted molar refractivity (Wildman–Crippen MR) is 83.8 cm³/mol. The zero-order valence-corrected chi connectivity index (χ0v) is 14.2. The van der Waals surface area contributed by atoms with Crippen molar-refractivity contribution in [1.82, 2.24) is 0 Å². The monoisotopic (exact) mass is 379 g/mol. The van der Waals surface area contributed by atoms with Crippen LogP contribution in [-0.4, -0.2) is 8.42 Å². The summed E-state index contributed by atoms with van der Waals surface area (Å²) in [6.45, 7) is 3.73. The molecule has 0 fully saturated rings. The minimum absolute atomic E-state index is 0.187. The van der Waals surface area contributed by atoms with Crippen LogP contribution < -0.4 is 4.72 Å². The van der Waals surface area contributed by atoms with Crippen LogP contribution in [0.2, 0.25) is 5.02 Å². The molecule has 1 N–H and O–H groups in total. The molecule has 19 heavy (non-hydrogen) atoms. The SMILES string of the molecule is Cc1cccc(C)c1NS(=O)(=O)c1cc(Cl)c(Br)s1. The Kier molecular flexibility index (Phi) is 4.25. The highest BCUT2D eigenvalue weighted by Crippen LogP contribution is 2.35. The highest BCUT2D eigenvalue weighted by Gasteiger charge is 2.20. The Morgan fingerprint density at radius 1 is 1.26 bits per heavy atom. The van der Waals surface area contributed by atoms with Crippen LogP contribution in [0.4, 0.5) is 5.69 Å². The lowest BCUT2D eigenvalue weighted by Crippen LogP contribution is -2.13. The Balaban J connectivity index is 2.42. The molecule has 0 aliphatic carbocycles. The first-order valence-electron chi connectivity index (χ1n) is 5.35. The molecular weight excluding hydrogens is 370 g/mol. The summed E-state index contributed by atoms with van der Waals surface area (Å²) in [5.74, 6) is 0. The Hall–Kier alpha value is -0.560. The van der Waals surface area contributed by atoms with Crippen molar-refractivity contribution < 1.29 is 8.42 Å². The second kappa shape index (κ2) is 5.44. The van der Waals surface area contributed by atoms with Gasteiger partial charge in [0.1, 0.15) is 4.21 Å². The van der Waals surface area contributed by atoms with Crippen LogP contribution in [-0.2, 0) is 10.0 Å². The van der Waals surface area contributed by atoms with Crippen molar-refractivity contribution in [2.24, 2.45) is 0 Å². The van der Waals surface area contributed by atoms with Gasteiger partial charge >= 0.3 is 0 Å². The van der Waals surface area contributed by atoms with Gasteiger partial charge in [-0.3, -0.25) is 4.72 Å². The second-order valence-electron chi connectivity index (χ2n) is 4.06. The Labute approximate surface area is 129 Å². The molecule has 3 nitrogen and oxygen atoms in total. The summed E-state index contributed by atoms with van der Waals surface area (Å²) in [5, 5.41) is 0.395. The van der Waals surface area contributed by atoms with E-state index in [1.165, 1.54) is 6.07 Å². The van der Waals surface area contributed by atoms with Crippen LogP contribution in [0, 0.1) is 13.8 Å². The van der Waals surface area contributed by atoms with Crippen molar-refractivity contribution in [2.75, 3.05) is 4.72 Å². The topological polar surface area (TPSA) is 46.2 Å². The van der Waals surface area contributed by atoms with E-state index in [2.05, 4.69) is 20.7 Å². The van der Waals surface area contributed by atoms with Gasteiger partial charge in [0, 0.05) is 0 Å². The quantitative estimate of drug-likeness (QED) is 0.847. The van der Waals surface area contributed by atoms with Gasteiger partial charge in [-0.1, -0.05) is 29.8 Å². The molecule has 7 heteroatoms. The van der Waals surface area contributed by atoms with E-state index in [0.717, 1.165) is 22.5 Å². The lowest BCUT2D eigenvalue weighted by molar-refractivity contribution is 0.603. The minimum Gasteiger partial charge on any atom is -0.278 e. The Bertz CT molecular complexity index is 686. The zero-order valence-electron chi connectivity index (χ0n) is 10.2. The van der Waals surface area contributed by atoms with Crippen LogP contribution in [0.3, 0.4) is 0 Å². The fourth-order valence-corrected chi connectivity index (χ4v) is 5.22. The summed E-state index contributed by atoms with van der Waals surface area (Å²) >= 11 is 10.2. The molecule has 0 aliphatic heterocycles. The highest BCUT2D eigenvalue weighted by molar-refractivity contribution is 9.11. The van der Waals surface area contributed by atoms with E-state index in [1.54, 1.807) is 0 Å². The lowest BCUT2D eigenvalue weighted by atomic mass is 10.1. The average Bonchev–Trinajstić information content (AvgIpc) is 2.66. The summed E-state index contributed by atoms with van der Waals surface area (Å²) in [4.78, 5) is 0. The van der Waals surface area contributed by atoms with Gasteiger partial charge in [-0.15, -0.1) is 11.3 Å². The van der Waals surface area contributed by atoms with Crippen molar-refractivity contribution in [1.29, 1.82) is 0 Å². The number of sulfonamides is 1. The molecule has 2 aromatic rings. The maximum absolute atomic E-state index is 12.3. The van der Waals surface area contributed by atoms with E-state index >= 15 is 0 Å². The largest absolute Gasteiger partial charge is 0.278 e. The summed E-state index contributed by atoms with van der Waals surface area (Å²) in [6, 6.07) is 7.05. The third-order valence-electron chi connectivity index (χ3n) is 2.60. The van der Waals surface area contributed by atoms with Gasteiger partial charge in [0.25, 0.3) is 10.0 Å². The fourth-order valence-electron chi connectivity index (χ4n) is 1.62. The first-order chi connectivity index (χ1) is 8.81. The molecule has 0 amide bonds. The van der Waals surface area contributed by atoms with Gasteiger partial charge in [-0.05, 0) is 47.0 Å². The number of rotatable bonds is 3. The molecule has 1 aromatic carbocycles. The zero-order chi connectivity index (χ0) is 14.2. The van der Waals surface area contributed by atoms with Gasteiger partial charge in [-0.25, -0.2) is 8.42 Å². The molecule has 0 saturated carbocycles. The molecule has 102 valence electrons. The van der Waals surface area contributed by atoms with E-state index in [9.17, 15) is 8.42 Å². The summed E-state index contributed by atoms with van der Waals surface area (Å²) in [7, 11) is -3.61. The standard InChI is InChI=1S/C12H11BrClNO2S2/c1-7-4-3-5-8(2)11(7)15-19(16,17)10-6-9(14)12(13)18-10/h3-6,15H,1-2H3. The summed E-state index contributed by atoms with van der Waals surface area (Å²) < 4.78 is 28.0. The maximum atomic E-state index is 12.3. The van der Waals surface area contributed by atoms with Gasteiger partial charge in [0.2, 0.25) is 0 Å². The van der Waals surface area contributed by atoms with Gasteiger partial charge in [0.15, 0.2) is 0 Å². The number of aryl methyl sites for hydroxylation is 2. The number of halogens is 2. The number of anilines is 1. The summed E-state index contributed by atoms with van der Waals surface area (Å²) in [5.41, 5.74) is 2.37. The summed E-state index contributed by atoms with van der Waals surface area (Å²) in [6.07, 6.45) is 0. The number of benzene rings is 1. The van der Waals surface area contributed by atoms with E-state index in [1.807, 2.05) is 32.0 Å². The van der Waals surface area contributed by atoms with Crippen LogP contribution in [0.5, 0.6) is 0 Å². The van der Waals surface area contributed by atoms with Crippen molar-refractivity contribution in [3.63, 3.8) is 0 Å². The van der Waals surface area contributed by atoms with E-state index in [-0.39, 0.29) is 4.21 Å². The number of para-hydroxylation sites is 1. The van der Waals surface area contributed by atoms with Gasteiger partial charge < -0.3 is 0 Å². The first-order valence-corrected chi connectivity index (χ1v) is 8.82. The number of hydrogen-bond acceptors (Lipinski definition) is 3. The number of thiophene rings is 1. The molecule has 1 heterocycles. The van der Waals surface area contributed by atoms with Crippen LogP contribution in [0.15, 0.2) is 32.3 Å². The molecule has 0 aliphatic rings. The third-order valence-corrected chi connectivity index (χ3v) is 6.90. The molecule has 0 radical (unpaired) electrons. The van der Waals surface area contributed by atoms with Crippen LogP contribution >= 0.6 is 38.9 Å². The van der Waals surface area contributed by atoms with Crippen LogP contribution in [0.25, 0.3) is 0 Å². The number of hydrogen-bond donors (Lipinski definition) is 1. The molecule has 1 aromatic heterocycles. The van der Waals surface area contributed by atoms with Crippen molar-refractivity contribution in [2.45, 2.75) is 18.1 Å². The fraction of sp³-hybridized carbons (Fsp3) is 0.167. The predicted octanol–water partition coefficient (Wildman–Crippen LogP) is 4.58. The molecule has 0 atom stereocenters. The molecule has 0 unspecified atom stereocenters. The smallest absolute Gasteiger partial charge is 0.271 e. The first kappa shape index (κ1) is 14.8. The van der Waals surface area contributed by atoms with Crippen molar-refractivity contribution >= 4 is 54.6 Å². The second-order valence-corrected chi connectivity index (χ2v) is 8.75. The molecule has 0 spiro atoms. The third kappa shape index (κ3) is 3.13. The maximum Gasteiger partial charge on any atom is 0.271 e. The van der Waals surface area contributed by atoms with E-state index in [4.69, 9.17) is 11.6 Å². The van der Waals surface area contributed by atoms with Gasteiger partial charge in [0.05, 0.1) is 14.5 Å². The normalized spacial score (nSPS) is 11.6. The molecular formula is C12H11BrClNO2S2. The Morgan fingerprint density at radius 2 is 1.84 bits per heavy atom. The average molecular weight is 381 g/mol. The molecule has 0 saturated heterocycles. The van der Waals surface area contributed by atoms with Crippen molar-refractivity contribution in [3.05, 3.63) is 44.2 Å². The minimum atomic E-state index is -3.61. The number of nitrogens with one attached hydrogen (secondary N) is 1. The van der Waals surface area contributed by atoms with Crippen molar-refractivity contribution in [3.8, 4) is 0 Å². The highest BCUT2D eigenvalue weighted by atomic mass is 79.9. The lowest BCUT2D eigenvalue weighted by Gasteiger charge is -2.11. The van der Waals surface area contributed by atoms with E-state index in [0.29, 0.717) is 14.5 Å². The molecule has 2 rings (SSSR count). The van der Waals surface area contributed by atoms with Gasteiger partial charge in [-0.2, -0.15) is 0 Å². The van der Waals surface area contributed by atoms with E-state index < -0.39 is 10.0 Å². The van der Waals surface area contributed by atoms with Crippen LogP contribution in [0.1, 0.15) is 11.1 Å².